The Kier molecular flexibility index (Phi) is 4.52. The standard InChI is InChI=1S/C19H22ClN3O2/c1-12-9-23(10-13-2-6-15(20)7-3-13)11-17(12)21-19(24)16-8-18(25-22-16)14-4-5-14/h2-3,6-8,12,14,17H,4-5,9-11H2,1H3,(H,21,24)/t12-,17-/m1/s1. The first-order valence-electron chi connectivity index (χ1n) is 8.83. The van der Waals surface area contributed by atoms with Crippen LogP contribution in [0.2, 0.25) is 5.02 Å². The Morgan fingerprint density at radius 2 is 2.08 bits per heavy atom. The molecule has 6 heteroatoms. The molecule has 2 heterocycles. The van der Waals surface area contributed by atoms with Crippen LogP contribution in [0.4, 0.5) is 0 Å². The van der Waals surface area contributed by atoms with E-state index in [1.807, 2.05) is 24.3 Å². The summed E-state index contributed by atoms with van der Waals surface area (Å²) in [6.07, 6.45) is 2.27. The lowest BCUT2D eigenvalue weighted by Gasteiger charge is -2.16. The van der Waals surface area contributed by atoms with E-state index in [-0.39, 0.29) is 11.9 Å². The smallest absolute Gasteiger partial charge is 0.273 e. The van der Waals surface area contributed by atoms with Crippen molar-refractivity contribution >= 4 is 17.5 Å². The zero-order chi connectivity index (χ0) is 17.4. The number of nitrogens with one attached hydrogen (secondary N) is 1. The van der Waals surface area contributed by atoms with E-state index in [4.69, 9.17) is 16.1 Å². The van der Waals surface area contributed by atoms with Gasteiger partial charge in [-0.15, -0.1) is 0 Å². The summed E-state index contributed by atoms with van der Waals surface area (Å²) in [6, 6.07) is 9.84. The van der Waals surface area contributed by atoms with Crippen molar-refractivity contribution in [3.8, 4) is 0 Å². The second-order valence-electron chi connectivity index (χ2n) is 7.27. The van der Waals surface area contributed by atoms with Crippen LogP contribution in [-0.4, -0.2) is 35.1 Å². The van der Waals surface area contributed by atoms with Crippen LogP contribution >= 0.6 is 11.6 Å². The van der Waals surface area contributed by atoms with E-state index in [0.717, 1.165) is 43.3 Å². The third-order valence-electron chi connectivity index (χ3n) is 5.06. The summed E-state index contributed by atoms with van der Waals surface area (Å²) in [5.74, 6) is 1.57. The number of benzene rings is 1. The molecule has 1 aromatic carbocycles. The van der Waals surface area contributed by atoms with Gasteiger partial charge in [-0.05, 0) is 36.5 Å². The van der Waals surface area contributed by atoms with E-state index in [2.05, 4.69) is 22.3 Å². The highest BCUT2D eigenvalue weighted by atomic mass is 35.5. The monoisotopic (exact) mass is 359 g/mol. The van der Waals surface area contributed by atoms with Gasteiger partial charge in [0.2, 0.25) is 0 Å². The first-order chi connectivity index (χ1) is 12.1. The van der Waals surface area contributed by atoms with Gasteiger partial charge in [0, 0.05) is 42.7 Å². The summed E-state index contributed by atoms with van der Waals surface area (Å²) in [5, 5.41) is 7.80. The zero-order valence-electron chi connectivity index (χ0n) is 14.2. The Balaban J connectivity index is 1.34. The largest absolute Gasteiger partial charge is 0.360 e. The average molecular weight is 360 g/mol. The average Bonchev–Trinajstić information content (AvgIpc) is 3.22. The summed E-state index contributed by atoms with van der Waals surface area (Å²) >= 11 is 5.94. The van der Waals surface area contributed by atoms with Crippen molar-refractivity contribution in [2.45, 2.75) is 38.3 Å². The topological polar surface area (TPSA) is 58.4 Å². The van der Waals surface area contributed by atoms with Crippen LogP contribution < -0.4 is 5.32 Å². The molecule has 0 spiro atoms. The molecule has 0 radical (unpaired) electrons. The number of hydrogen-bond acceptors (Lipinski definition) is 4. The van der Waals surface area contributed by atoms with E-state index in [0.29, 0.717) is 17.5 Å². The molecular formula is C19H22ClN3O2. The van der Waals surface area contributed by atoms with Crippen LogP contribution in [0.25, 0.3) is 0 Å². The Hall–Kier alpha value is -1.85. The minimum Gasteiger partial charge on any atom is -0.360 e. The highest BCUT2D eigenvalue weighted by molar-refractivity contribution is 6.30. The first-order valence-corrected chi connectivity index (χ1v) is 9.20. The second-order valence-corrected chi connectivity index (χ2v) is 7.70. The van der Waals surface area contributed by atoms with Crippen molar-refractivity contribution in [3.63, 3.8) is 0 Å². The van der Waals surface area contributed by atoms with Crippen LogP contribution in [0.1, 0.15) is 47.5 Å². The molecule has 2 aliphatic rings. The molecular weight excluding hydrogens is 338 g/mol. The van der Waals surface area contributed by atoms with Gasteiger partial charge in [-0.3, -0.25) is 9.69 Å². The summed E-state index contributed by atoms with van der Waals surface area (Å²) < 4.78 is 5.28. The van der Waals surface area contributed by atoms with Gasteiger partial charge in [0.05, 0.1) is 0 Å². The fraction of sp³-hybridized carbons (Fsp3) is 0.474. The molecule has 2 atom stereocenters. The summed E-state index contributed by atoms with van der Waals surface area (Å²) in [7, 11) is 0. The van der Waals surface area contributed by atoms with Crippen LogP contribution in [0, 0.1) is 5.92 Å². The van der Waals surface area contributed by atoms with Crippen molar-refractivity contribution in [1.29, 1.82) is 0 Å². The Morgan fingerprint density at radius 3 is 2.80 bits per heavy atom. The maximum absolute atomic E-state index is 12.4. The van der Waals surface area contributed by atoms with E-state index >= 15 is 0 Å². The zero-order valence-corrected chi connectivity index (χ0v) is 15.0. The molecule has 1 saturated heterocycles. The number of hydrogen-bond donors (Lipinski definition) is 1. The summed E-state index contributed by atoms with van der Waals surface area (Å²) in [4.78, 5) is 14.8. The van der Waals surface area contributed by atoms with Gasteiger partial charge in [-0.1, -0.05) is 35.8 Å². The van der Waals surface area contributed by atoms with E-state index in [1.54, 1.807) is 6.07 Å². The molecule has 4 rings (SSSR count). The van der Waals surface area contributed by atoms with E-state index < -0.39 is 0 Å². The molecule has 2 fully saturated rings. The number of rotatable bonds is 5. The molecule has 5 nitrogen and oxygen atoms in total. The predicted molar refractivity (Wildman–Crippen MR) is 95.6 cm³/mol. The lowest BCUT2D eigenvalue weighted by molar-refractivity contribution is 0.0922. The number of amides is 1. The van der Waals surface area contributed by atoms with Crippen LogP contribution in [0.5, 0.6) is 0 Å². The molecule has 1 amide bonds. The normalized spacial score (nSPS) is 23.8. The molecule has 0 unspecified atom stereocenters. The van der Waals surface area contributed by atoms with Gasteiger partial charge >= 0.3 is 0 Å². The molecule has 1 saturated carbocycles. The van der Waals surface area contributed by atoms with Crippen molar-refractivity contribution < 1.29 is 9.32 Å². The quantitative estimate of drug-likeness (QED) is 0.888. The number of nitrogens with zero attached hydrogens (tertiary/aromatic N) is 2. The number of carbonyl (C=O) groups is 1. The second kappa shape index (κ2) is 6.81. The van der Waals surface area contributed by atoms with Crippen LogP contribution in [0.3, 0.4) is 0 Å². The predicted octanol–water partition coefficient (Wildman–Crippen LogP) is 3.46. The lowest BCUT2D eigenvalue weighted by atomic mass is 10.1. The first kappa shape index (κ1) is 16.6. The van der Waals surface area contributed by atoms with Crippen molar-refractivity contribution in [2.75, 3.05) is 13.1 Å². The summed E-state index contributed by atoms with van der Waals surface area (Å²) in [5.41, 5.74) is 1.62. The molecule has 25 heavy (non-hydrogen) atoms. The summed E-state index contributed by atoms with van der Waals surface area (Å²) in [6.45, 7) is 4.83. The van der Waals surface area contributed by atoms with Gasteiger partial charge < -0.3 is 9.84 Å². The van der Waals surface area contributed by atoms with Crippen molar-refractivity contribution in [2.24, 2.45) is 5.92 Å². The molecule has 1 aliphatic carbocycles. The number of halogens is 1. The molecule has 2 aromatic rings. The highest BCUT2D eigenvalue weighted by Gasteiger charge is 2.32. The maximum Gasteiger partial charge on any atom is 0.273 e. The van der Waals surface area contributed by atoms with Crippen molar-refractivity contribution in [1.82, 2.24) is 15.4 Å². The maximum atomic E-state index is 12.4. The minimum atomic E-state index is -0.138. The van der Waals surface area contributed by atoms with E-state index in [9.17, 15) is 4.79 Å². The molecule has 1 aromatic heterocycles. The number of likely N-dealkylation sites (tertiary alicyclic amines) is 1. The number of carbonyl (C=O) groups excluding carboxylic acids is 1. The SMILES string of the molecule is C[C@@H]1CN(Cc2ccc(Cl)cc2)C[C@H]1NC(=O)c1cc(C2CC2)on1. The molecule has 132 valence electrons. The lowest BCUT2D eigenvalue weighted by Crippen LogP contribution is -2.39. The van der Waals surface area contributed by atoms with Crippen LogP contribution in [0.15, 0.2) is 34.9 Å². The van der Waals surface area contributed by atoms with Crippen molar-refractivity contribution in [3.05, 3.63) is 52.4 Å². The van der Waals surface area contributed by atoms with Gasteiger partial charge in [0.1, 0.15) is 5.76 Å². The van der Waals surface area contributed by atoms with Gasteiger partial charge in [-0.2, -0.15) is 0 Å². The third kappa shape index (κ3) is 3.88. The fourth-order valence-corrected chi connectivity index (χ4v) is 3.56. The Labute approximate surface area is 152 Å². The fourth-order valence-electron chi connectivity index (χ4n) is 3.43. The molecule has 0 bridgehead atoms. The minimum absolute atomic E-state index is 0.126. The van der Waals surface area contributed by atoms with Gasteiger partial charge in [-0.25, -0.2) is 0 Å². The van der Waals surface area contributed by atoms with Gasteiger partial charge in [0.15, 0.2) is 5.69 Å². The van der Waals surface area contributed by atoms with Crippen LogP contribution in [-0.2, 0) is 6.54 Å². The molecule has 1 N–H and O–H groups in total. The Bertz CT molecular complexity index is 754. The number of aromatic nitrogens is 1. The Morgan fingerprint density at radius 1 is 1.32 bits per heavy atom. The molecule has 1 aliphatic heterocycles. The third-order valence-corrected chi connectivity index (χ3v) is 5.32. The highest BCUT2D eigenvalue weighted by Crippen LogP contribution is 2.40. The van der Waals surface area contributed by atoms with E-state index in [1.165, 1.54) is 5.56 Å². The van der Waals surface area contributed by atoms with Gasteiger partial charge in [0.25, 0.3) is 5.91 Å².